The number of fused-ring (bicyclic) bond motifs is 2. The normalized spacial score (nSPS) is 26.1. The summed E-state index contributed by atoms with van der Waals surface area (Å²) in [5.41, 5.74) is 10.6. The van der Waals surface area contributed by atoms with Crippen LogP contribution in [-0.4, -0.2) is 9.52 Å². The van der Waals surface area contributed by atoms with E-state index < -0.39 is 18.5 Å². The molecule has 0 saturated heterocycles. The average molecular weight is 461 g/mol. The SMILES string of the molecule is CCC1=C(C)C(Cl)([SiH2]C2(Cl)C(C)=C(CC)c3ccccc32)c2ccccc21.[Ti]. The molecule has 28 heavy (non-hydrogen) atoms. The zero-order chi connectivity index (χ0) is 19.4. The van der Waals surface area contributed by atoms with Crippen LogP contribution in [0.3, 0.4) is 0 Å². The summed E-state index contributed by atoms with van der Waals surface area (Å²) < 4.78 is -0.859. The Labute approximate surface area is 196 Å². The smallest absolute Gasteiger partial charge is 0.0923 e. The minimum atomic E-state index is -1.01. The fraction of sp³-hybridized carbons (Fsp3) is 0.333. The first kappa shape index (κ1) is 22.1. The minimum Gasteiger partial charge on any atom is -0.114 e. The molecule has 0 radical (unpaired) electrons. The average Bonchev–Trinajstić information content (AvgIpc) is 3.02. The molecule has 2 aliphatic rings. The van der Waals surface area contributed by atoms with Crippen molar-refractivity contribution in [1.29, 1.82) is 0 Å². The Morgan fingerprint density at radius 2 is 1.07 bits per heavy atom. The van der Waals surface area contributed by atoms with Crippen LogP contribution in [0.5, 0.6) is 0 Å². The predicted octanol–water partition coefficient (Wildman–Crippen LogP) is 6.73. The maximum Gasteiger partial charge on any atom is 0.0923 e. The molecule has 0 aromatic heterocycles. The summed E-state index contributed by atoms with van der Waals surface area (Å²) >= 11 is 15.0. The summed E-state index contributed by atoms with van der Waals surface area (Å²) in [4.78, 5) is 0. The first-order valence-electron chi connectivity index (χ1n) is 9.86. The molecule has 0 spiro atoms. The van der Waals surface area contributed by atoms with Crippen molar-refractivity contribution in [1.82, 2.24) is 0 Å². The van der Waals surface area contributed by atoms with Gasteiger partial charge in [-0.15, -0.1) is 23.2 Å². The zero-order valence-corrected chi connectivity index (χ0v) is 21.5. The zero-order valence-electron chi connectivity index (χ0n) is 17.0. The van der Waals surface area contributed by atoms with Gasteiger partial charge in [-0.1, -0.05) is 62.4 Å². The van der Waals surface area contributed by atoms with Gasteiger partial charge in [-0.25, -0.2) is 0 Å². The topological polar surface area (TPSA) is 0 Å². The van der Waals surface area contributed by atoms with Crippen molar-refractivity contribution < 1.29 is 21.7 Å². The van der Waals surface area contributed by atoms with Crippen molar-refractivity contribution in [3.63, 3.8) is 0 Å². The monoisotopic (exact) mass is 460 g/mol. The first-order valence-corrected chi connectivity index (χ1v) is 12.0. The van der Waals surface area contributed by atoms with Crippen molar-refractivity contribution in [3.8, 4) is 0 Å². The predicted molar refractivity (Wildman–Crippen MR) is 122 cm³/mol. The van der Waals surface area contributed by atoms with Gasteiger partial charge in [-0.2, -0.15) is 0 Å². The number of hydrogen-bond donors (Lipinski definition) is 0. The van der Waals surface area contributed by atoms with Crippen LogP contribution in [0.1, 0.15) is 62.8 Å². The van der Waals surface area contributed by atoms with Gasteiger partial charge in [0, 0.05) is 21.7 Å². The molecular formula is C24H26Cl2SiTi. The second kappa shape index (κ2) is 7.93. The molecule has 0 amide bonds. The summed E-state index contributed by atoms with van der Waals surface area (Å²) in [5.74, 6) is 0. The number of benzene rings is 2. The standard InChI is InChI=1S/C24H26Cl2Si.Ti/c1-5-17-15(3)23(25,21-13-9-7-11-19(17)21)27-24(26)16(4)18(6-2)20-12-8-10-14-22(20)24;/h7-14H,5-6,27H2,1-4H3;. The van der Waals surface area contributed by atoms with E-state index in [0.29, 0.717) is 0 Å². The minimum absolute atomic E-state index is 0. The number of allylic oxidation sites excluding steroid dienone is 4. The molecule has 0 heterocycles. The maximum absolute atomic E-state index is 7.51. The van der Waals surface area contributed by atoms with Crippen LogP contribution < -0.4 is 0 Å². The summed E-state index contributed by atoms with van der Waals surface area (Å²) in [7, 11) is -1.01. The van der Waals surface area contributed by atoms with Gasteiger partial charge in [0.25, 0.3) is 0 Å². The number of alkyl halides is 2. The van der Waals surface area contributed by atoms with Gasteiger partial charge in [0.05, 0.1) is 18.5 Å². The fourth-order valence-electron chi connectivity index (χ4n) is 5.17. The Kier molecular flexibility index (Phi) is 6.27. The molecule has 2 aliphatic carbocycles. The molecule has 144 valence electrons. The van der Waals surface area contributed by atoms with Gasteiger partial charge in [0.15, 0.2) is 0 Å². The molecule has 0 bridgehead atoms. The number of halogens is 2. The molecule has 4 heteroatoms. The quantitative estimate of drug-likeness (QED) is 0.350. The molecule has 4 rings (SSSR count). The number of hydrogen-bond acceptors (Lipinski definition) is 0. The second-order valence-electron chi connectivity index (χ2n) is 7.78. The van der Waals surface area contributed by atoms with Gasteiger partial charge < -0.3 is 0 Å². The third-order valence-electron chi connectivity index (χ3n) is 6.65. The molecule has 0 nitrogen and oxygen atoms in total. The Hall–Kier alpha value is -0.569. The fourth-order valence-corrected chi connectivity index (χ4v) is 9.76. The van der Waals surface area contributed by atoms with Crippen LogP contribution in [0.25, 0.3) is 11.1 Å². The number of rotatable bonds is 4. The van der Waals surface area contributed by atoms with Gasteiger partial charge in [-0.05, 0) is 71.2 Å². The van der Waals surface area contributed by atoms with E-state index >= 15 is 0 Å². The van der Waals surface area contributed by atoms with Crippen molar-refractivity contribution >= 4 is 43.9 Å². The van der Waals surface area contributed by atoms with Crippen molar-refractivity contribution in [3.05, 3.63) is 81.9 Å². The van der Waals surface area contributed by atoms with E-state index in [9.17, 15) is 0 Å². The Bertz CT molecular complexity index is 914. The van der Waals surface area contributed by atoms with Crippen molar-refractivity contribution in [2.24, 2.45) is 0 Å². The first-order chi connectivity index (χ1) is 12.9. The van der Waals surface area contributed by atoms with E-state index in [1.807, 2.05) is 0 Å². The molecule has 2 aromatic rings. The van der Waals surface area contributed by atoms with E-state index in [2.05, 4.69) is 76.2 Å². The largest absolute Gasteiger partial charge is 0.114 e. The molecular weight excluding hydrogens is 435 g/mol. The van der Waals surface area contributed by atoms with Gasteiger partial charge in [-0.3, -0.25) is 0 Å². The van der Waals surface area contributed by atoms with Crippen LogP contribution in [-0.2, 0) is 30.7 Å². The summed E-state index contributed by atoms with van der Waals surface area (Å²) in [6, 6.07) is 17.3. The van der Waals surface area contributed by atoms with Crippen LogP contribution >= 0.6 is 23.2 Å². The van der Waals surface area contributed by atoms with Gasteiger partial charge in [0.2, 0.25) is 0 Å². The molecule has 0 N–H and O–H groups in total. The molecule has 0 aliphatic heterocycles. The maximum atomic E-state index is 7.51. The van der Waals surface area contributed by atoms with Crippen LogP contribution in [0.4, 0.5) is 0 Å². The Morgan fingerprint density at radius 3 is 1.43 bits per heavy atom. The van der Waals surface area contributed by atoms with Crippen molar-refractivity contribution in [2.45, 2.75) is 49.5 Å². The van der Waals surface area contributed by atoms with Crippen LogP contribution in [0.15, 0.2) is 59.7 Å². The van der Waals surface area contributed by atoms with E-state index in [1.165, 1.54) is 44.5 Å². The van der Waals surface area contributed by atoms with E-state index in [-0.39, 0.29) is 21.7 Å². The van der Waals surface area contributed by atoms with Crippen LogP contribution in [0.2, 0.25) is 0 Å². The third-order valence-corrected chi connectivity index (χ3v) is 11.2. The summed E-state index contributed by atoms with van der Waals surface area (Å²) in [5, 5.41) is 0. The molecule has 2 aromatic carbocycles. The third kappa shape index (κ3) is 2.97. The Balaban J connectivity index is 0.00000225. The molecule has 2 atom stereocenters. The summed E-state index contributed by atoms with van der Waals surface area (Å²) in [6.07, 6.45) is 2.01. The van der Waals surface area contributed by atoms with Gasteiger partial charge in [0.1, 0.15) is 0 Å². The van der Waals surface area contributed by atoms with E-state index in [0.717, 1.165) is 12.8 Å². The van der Waals surface area contributed by atoms with E-state index in [4.69, 9.17) is 23.2 Å². The molecule has 0 fully saturated rings. The van der Waals surface area contributed by atoms with E-state index in [1.54, 1.807) is 0 Å². The second-order valence-corrected chi connectivity index (χ2v) is 12.4. The van der Waals surface area contributed by atoms with Crippen LogP contribution in [0, 0.1) is 0 Å². The Morgan fingerprint density at radius 1 is 0.714 bits per heavy atom. The van der Waals surface area contributed by atoms with Gasteiger partial charge >= 0.3 is 0 Å². The molecule has 0 saturated carbocycles. The van der Waals surface area contributed by atoms with Crippen molar-refractivity contribution in [2.75, 3.05) is 0 Å². The summed E-state index contributed by atoms with van der Waals surface area (Å²) in [6.45, 7) is 8.89. The molecule has 2 unspecified atom stereocenters.